The first-order chi connectivity index (χ1) is 13.4. The predicted molar refractivity (Wildman–Crippen MR) is 119 cm³/mol. The Hall–Kier alpha value is 0.870. The van der Waals surface area contributed by atoms with Crippen molar-refractivity contribution in [3.63, 3.8) is 0 Å². The van der Waals surface area contributed by atoms with Gasteiger partial charge in [0.25, 0.3) is 0 Å². The molecule has 0 aliphatic carbocycles. The fraction of sp³-hybridized carbons (Fsp3) is 1.00. The zero-order valence-corrected chi connectivity index (χ0v) is 22.5. The summed E-state index contributed by atoms with van der Waals surface area (Å²) in [6.45, 7) is 4.41. The first kappa shape index (κ1) is 32.1. The number of aliphatic hydroxyl groups is 1. The Morgan fingerprint density at radius 2 is 0.931 bits per heavy atom. The van der Waals surface area contributed by atoms with Crippen molar-refractivity contribution in [3.05, 3.63) is 0 Å². The van der Waals surface area contributed by atoms with Crippen LogP contribution in [-0.2, 0) is 10.1 Å². The minimum absolute atomic E-state index is 0. The van der Waals surface area contributed by atoms with Gasteiger partial charge < -0.3 is 9.66 Å². The van der Waals surface area contributed by atoms with Gasteiger partial charge in [-0.25, -0.2) is 8.42 Å². The fourth-order valence-electron chi connectivity index (χ4n) is 3.86. The van der Waals surface area contributed by atoms with Crippen LogP contribution >= 0.6 is 0 Å². The van der Waals surface area contributed by atoms with Crippen molar-refractivity contribution in [2.24, 2.45) is 0 Å². The molecule has 1 N–H and O–H groups in total. The summed E-state index contributed by atoms with van der Waals surface area (Å²) < 4.78 is 34.7. The Labute approximate surface area is 204 Å². The molecule has 0 rings (SSSR count). The van der Waals surface area contributed by atoms with Crippen LogP contribution in [-0.4, -0.2) is 29.4 Å². The van der Waals surface area contributed by atoms with Gasteiger partial charge >= 0.3 is 29.6 Å². The maximum atomic E-state index is 11.6. The molecular weight excluding hydrogens is 395 g/mol. The molecule has 0 fully saturated rings. The number of hydrogen-bond donors (Lipinski definition) is 1. The van der Waals surface area contributed by atoms with Gasteiger partial charge in [-0.15, -0.1) is 0 Å². The third-order valence-corrected chi connectivity index (χ3v) is 7.04. The zero-order valence-electron chi connectivity index (χ0n) is 19.7. The monoisotopic (exact) mass is 442 g/mol. The molecule has 0 spiro atoms. The molecule has 29 heavy (non-hydrogen) atoms. The molecule has 0 aliphatic heterocycles. The van der Waals surface area contributed by atoms with Crippen molar-refractivity contribution in [1.29, 1.82) is 0 Å². The Morgan fingerprint density at radius 1 is 0.621 bits per heavy atom. The fourth-order valence-corrected chi connectivity index (χ4v) is 4.83. The number of aliphatic hydroxyl groups excluding tert-OH is 1. The van der Waals surface area contributed by atoms with E-state index in [1.165, 1.54) is 70.6 Å². The van der Waals surface area contributed by atoms with Gasteiger partial charge in [-0.2, -0.15) is 0 Å². The van der Waals surface area contributed by atoms with Crippen molar-refractivity contribution < 1.29 is 47.6 Å². The van der Waals surface area contributed by atoms with Crippen LogP contribution in [0.4, 0.5) is 0 Å². The van der Waals surface area contributed by atoms with E-state index in [2.05, 4.69) is 13.8 Å². The molecule has 0 radical (unpaired) electrons. The van der Waals surface area contributed by atoms with Crippen molar-refractivity contribution >= 4 is 10.1 Å². The molecule has 2 unspecified atom stereocenters. The molecular formula is C23H47NaO4S. The van der Waals surface area contributed by atoms with Gasteiger partial charge in [0.2, 0.25) is 0 Å². The minimum Gasteiger partial charge on any atom is -0.748 e. The molecule has 0 aromatic heterocycles. The average molecular weight is 443 g/mol. The van der Waals surface area contributed by atoms with Crippen molar-refractivity contribution in [1.82, 2.24) is 0 Å². The molecule has 0 aromatic rings. The maximum absolute atomic E-state index is 11.6. The topological polar surface area (TPSA) is 77.4 Å². The van der Waals surface area contributed by atoms with Crippen LogP contribution in [0.1, 0.15) is 136 Å². The van der Waals surface area contributed by atoms with Crippen molar-refractivity contribution in [3.8, 4) is 0 Å². The Bertz CT molecular complexity index is 429. The SMILES string of the molecule is CCCCCCCCCCCCC(C(O)CCCCCCCCC)S(=O)(=O)[O-].[Na+]. The molecule has 170 valence electrons. The minimum atomic E-state index is -4.43. The molecule has 2 atom stereocenters. The van der Waals surface area contributed by atoms with E-state index < -0.39 is 21.5 Å². The van der Waals surface area contributed by atoms with Crippen LogP contribution in [0, 0.1) is 0 Å². The first-order valence-corrected chi connectivity index (χ1v) is 13.5. The van der Waals surface area contributed by atoms with Crippen LogP contribution in [0.2, 0.25) is 0 Å². The quantitative estimate of drug-likeness (QED) is 0.167. The summed E-state index contributed by atoms with van der Waals surface area (Å²) in [7, 11) is -4.43. The Kier molecular flexibility index (Phi) is 24.4. The Balaban J connectivity index is 0. The summed E-state index contributed by atoms with van der Waals surface area (Å²) >= 11 is 0. The van der Waals surface area contributed by atoms with Gasteiger partial charge in [0.05, 0.1) is 11.4 Å². The summed E-state index contributed by atoms with van der Waals surface area (Å²) in [5, 5.41) is 9.13. The summed E-state index contributed by atoms with van der Waals surface area (Å²) in [6, 6.07) is 0. The second-order valence-corrected chi connectivity index (χ2v) is 10.1. The molecule has 6 heteroatoms. The summed E-state index contributed by atoms with van der Waals surface area (Å²) in [6.07, 6.45) is 19.3. The summed E-state index contributed by atoms with van der Waals surface area (Å²) in [5.74, 6) is 0. The molecule has 0 aromatic carbocycles. The van der Waals surface area contributed by atoms with Crippen LogP contribution in [0.3, 0.4) is 0 Å². The van der Waals surface area contributed by atoms with E-state index in [1.54, 1.807) is 0 Å². The average Bonchev–Trinajstić information content (AvgIpc) is 2.64. The predicted octanol–water partition coefficient (Wildman–Crippen LogP) is 3.72. The molecule has 0 saturated heterocycles. The second-order valence-electron chi connectivity index (χ2n) is 8.48. The molecule has 0 heterocycles. The van der Waals surface area contributed by atoms with Gasteiger partial charge in [0.15, 0.2) is 0 Å². The van der Waals surface area contributed by atoms with Crippen molar-refractivity contribution in [2.45, 2.75) is 147 Å². The number of hydrogen-bond acceptors (Lipinski definition) is 4. The maximum Gasteiger partial charge on any atom is 1.00 e. The molecule has 0 amide bonds. The molecule has 0 bridgehead atoms. The van der Waals surface area contributed by atoms with Crippen LogP contribution in [0.25, 0.3) is 0 Å². The summed E-state index contributed by atoms with van der Waals surface area (Å²) in [5.41, 5.74) is 0. The second kappa shape index (κ2) is 22.1. The molecule has 0 aliphatic rings. The third-order valence-electron chi connectivity index (χ3n) is 5.75. The third kappa shape index (κ3) is 20.5. The van der Waals surface area contributed by atoms with Crippen LogP contribution < -0.4 is 29.6 Å². The van der Waals surface area contributed by atoms with E-state index in [-0.39, 0.29) is 29.6 Å². The smallest absolute Gasteiger partial charge is 0.748 e. The van der Waals surface area contributed by atoms with E-state index in [0.717, 1.165) is 38.5 Å². The van der Waals surface area contributed by atoms with E-state index in [1.807, 2.05) is 0 Å². The Morgan fingerprint density at radius 3 is 1.28 bits per heavy atom. The van der Waals surface area contributed by atoms with Crippen molar-refractivity contribution in [2.75, 3.05) is 0 Å². The summed E-state index contributed by atoms with van der Waals surface area (Å²) in [4.78, 5) is 0. The molecule has 4 nitrogen and oxygen atoms in total. The molecule has 0 saturated carbocycles. The first-order valence-electron chi connectivity index (χ1n) is 12.1. The normalized spacial score (nSPS) is 13.8. The zero-order chi connectivity index (χ0) is 21.1. The van der Waals surface area contributed by atoms with Crippen LogP contribution in [0.15, 0.2) is 0 Å². The van der Waals surface area contributed by atoms with E-state index in [9.17, 15) is 18.1 Å². The standard InChI is InChI=1S/C23H48O4S.Na/c1-3-5-7-9-11-12-13-15-17-19-21-23(28(25,26)27)22(24)20-18-16-14-10-8-6-4-2;/h22-24H,3-21H2,1-2H3,(H,25,26,27);/q;+1/p-1. The van der Waals surface area contributed by atoms with E-state index in [0.29, 0.717) is 12.8 Å². The van der Waals surface area contributed by atoms with Gasteiger partial charge in [-0.3, -0.25) is 0 Å². The number of unbranched alkanes of at least 4 members (excludes halogenated alkanes) is 15. The van der Waals surface area contributed by atoms with Gasteiger partial charge in [-0.05, 0) is 12.8 Å². The van der Waals surface area contributed by atoms with Crippen LogP contribution in [0.5, 0.6) is 0 Å². The number of rotatable bonds is 21. The van der Waals surface area contributed by atoms with E-state index in [4.69, 9.17) is 0 Å². The van der Waals surface area contributed by atoms with Gasteiger partial charge in [-0.1, -0.05) is 123 Å². The van der Waals surface area contributed by atoms with Gasteiger partial charge in [0, 0.05) is 0 Å². The largest absolute Gasteiger partial charge is 1.00 e. The van der Waals surface area contributed by atoms with E-state index >= 15 is 0 Å². The van der Waals surface area contributed by atoms with Gasteiger partial charge in [0.1, 0.15) is 10.1 Å².